The number of hydrogen-bond donors (Lipinski definition) is 2. The average molecular weight is 226 g/mol. The third-order valence-corrected chi connectivity index (χ3v) is 3.54. The molecule has 16 heavy (non-hydrogen) atoms. The second-order valence-electron chi connectivity index (χ2n) is 5.58. The fraction of sp³-hybridized carbons (Fsp3) is 0.923. The largest absolute Gasteiger partial charge is 0.352 e. The molecule has 3 heteroatoms. The molecule has 2 atom stereocenters. The number of nitrogens with one attached hydrogen (secondary N) is 1. The van der Waals surface area contributed by atoms with E-state index in [-0.39, 0.29) is 18.0 Å². The average Bonchev–Trinajstić information content (AvgIpc) is 2.68. The van der Waals surface area contributed by atoms with Crippen molar-refractivity contribution in [1.29, 1.82) is 0 Å². The van der Waals surface area contributed by atoms with Crippen LogP contribution >= 0.6 is 0 Å². The molecule has 1 aliphatic carbocycles. The van der Waals surface area contributed by atoms with Crippen molar-refractivity contribution in [3.05, 3.63) is 0 Å². The van der Waals surface area contributed by atoms with Gasteiger partial charge in [0, 0.05) is 6.04 Å². The lowest BCUT2D eigenvalue weighted by Gasteiger charge is -2.23. The zero-order valence-electron chi connectivity index (χ0n) is 10.8. The van der Waals surface area contributed by atoms with Crippen LogP contribution < -0.4 is 11.1 Å². The van der Waals surface area contributed by atoms with E-state index in [0.717, 1.165) is 6.42 Å². The molecule has 3 nitrogen and oxygen atoms in total. The molecule has 1 aliphatic rings. The molecular weight excluding hydrogens is 200 g/mol. The van der Waals surface area contributed by atoms with E-state index in [1.807, 2.05) is 0 Å². The Kier molecular flexibility index (Phi) is 5.26. The van der Waals surface area contributed by atoms with Crippen LogP contribution in [0.15, 0.2) is 0 Å². The maximum Gasteiger partial charge on any atom is 0.237 e. The molecule has 1 rings (SSSR count). The van der Waals surface area contributed by atoms with Crippen LogP contribution in [0, 0.1) is 11.8 Å². The molecule has 0 radical (unpaired) electrons. The number of amides is 1. The molecule has 0 spiro atoms. The topological polar surface area (TPSA) is 55.1 Å². The highest BCUT2D eigenvalue weighted by Gasteiger charge is 2.24. The van der Waals surface area contributed by atoms with Gasteiger partial charge in [-0.15, -0.1) is 0 Å². The first-order valence-corrected chi connectivity index (χ1v) is 6.56. The van der Waals surface area contributed by atoms with E-state index in [4.69, 9.17) is 5.73 Å². The Morgan fingerprint density at radius 1 is 1.31 bits per heavy atom. The van der Waals surface area contributed by atoms with Crippen molar-refractivity contribution in [3.8, 4) is 0 Å². The summed E-state index contributed by atoms with van der Waals surface area (Å²) in [5.41, 5.74) is 5.85. The zero-order chi connectivity index (χ0) is 12.1. The summed E-state index contributed by atoms with van der Waals surface area (Å²) in [4.78, 5) is 11.8. The van der Waals surface area contributed by atoms with Crippen LogP contribution in [0.4, 0.5) is 0 Å². The summed E-state index contributed by atoms with van der Waals surface area (Å²) < 4.78 is 0. The molecule has 0 aliphatic heterocycles. The van der Waals surface area contributed by atoms with Crippen molar-refractivity contribution >= 4 is 5.91 Å². The molecule has 2 unspecified atom stereocenters. The minimum absolute atomic E-state index is 0.0214. The van der Waals surface area contributed by atoms with Crippen molar-refractivity contribution in [2.75, 3.05) is 0 Å². The van der Waals surface area contributed by atoms with Gasteiger partial charge >= 0.3 is 0 Å². The number of carbonyl (C=O) groups is 1. The first kappa shape index (κ1) is 13.5. The van der Waals surface area contributed by atoms with Crippen molar-refractivity contribution in [2.45, 2.75) is 65.0 Å². The maximum absolute atomic E-state index is 11.8. The van der Waals surface area contributed by atoms with Crippen LogP contribution in [-0.4, -0.2) is 18.0 Å². The van der Waals surface area contributed by atoms with Crippen LogP contribution in [0.3, 0.4) is 0 Å². The molecule has 0 aromatic heterocycles. The maximum atomic E-state index is 11.8. The summed E-state index contributed by atoms with van der Waals surface area (Å²) in [7, 11) is 0. The van der Waals surface area contributed by atoms with Gasteiger partial charge in [0.25, 0.3) is 0 Å². The van der Waals surface area contributed by atoms with Crippen molar-refractivity contribution in [2.24, 2.45) is 17.6 Å². The van der Waals surface area contributed by atoms with Gasteiger partial charge in [0.1, 0.15) is 0 Å². The highest BCUT2D eigenvalue weighted by Crippen LogP contribution is 2.27. The van der Waals surface area contributed by atoms with Gasteiger partial charge in [0.2, 0.25) is 5.91 Å². The Balaban J connectivity index is 2.31. The molecule has 0 saturated heterocycles. The molecule has 1 fully saturated rings. The molecule has 94 valence electrons. The first-order valence-electron chi connectivity index (χ1n) is 6.56. The minimum atomic E-state index is -0.344. The Morgan fingerprint density at radius 2 is 1.88 bits per heavy atom. The van der Waals surface area contributed by atoms with Crippen LogP contribution in [0.25, 0.3) is 0 Å². The van der Waals surface area contributed by atoms with Gasteiger partial charge in [-0.2, -0.15) is 0 Å². The molecule has 0 aromatic rings. The van der Waals surface area contributed by atoms with Gasteiger partial charge in [-0.05, 0) is 38.0 Å². The van der Waals surface area contributed by atoms with Gasteiger partial charge in [-0.25, -0.2) is 0 Å². The van der Waals surface area contributed by atoms with Gasteiger partial charge in [-0.1, -0.05) is 26.7 Å². The van der Waals surface area contributed by atoms with Crippen molar-refractivity contribution < 1.29 is 4.79 Å². The lowest BCUT2D eigenvalue weighted by molar-refractivity contribution is -0.123. The smallest absolute Gasteiger partial charge is 0.237 e. The second kappa shape index (κ2) is 6.24. The Bertz CT molecular complexity index is 222. The fourth-order valence-electron chi connectivity index (χ4n) is 2.52. The van der Waals surface area contributed by atoms with E-state index < -0.39 is 0 Å². The lowest BCUT2D eigenvalue weighted by atomic mass is 9.98. The van der Waals surface area contributed by atoms with Gasteiger partial charge in [-0.3, -0.25) is 4.79 Å². The number of carbonyl (C=O) groups excluding carboxylic acids is 1. The third-order valence-electron chi connectivity index (χ3n) is 3.54. The normalized spacial score (nSPS) is 21.1. The minimum Gasteiger partial charge on any atom is -0.352 e. The monoisotopic (exact) mass is 226 g/mol. The van der Waals surface area contributed by atoms with E-state index in [0.29, 0.717) is 11.8 Å². The molecule has 0 heterocycles. The SMILES string of the molecule is CC(C)CC(N)C(=O)NC(C)C1CCCC1. The van der Waals surface area contributed by atoms with Crippen LogP contribution in [0.2, 0.25) is 0 Å². The summed E-state index contributed by atoms with van der Waals surface area (Å²) in [5.74, 6) is 1.16. The first-order chi connectivity index (χ1) is 7.50. The van der Waals surface area contributed by atoms with E-state index in [9.17, 15) is 4.79 Å². The summed E-state index contributed by atoms with van der Waals surface area (Å²) >= 11 is 0. The predicted octanol–water partition coefficient (Wildman–Crippen LogP) is 2.05. The van der Waals surface area contributed by atoms with Crippen LogP contribution in [0.5, 0.6) is 0 Å². The summed E-state index contributed by atoms with van der Waals surface area (Å²) in [6.45, 7) is 6.29. The van der Waals surface area contributed by atoms with Gasteiger partial charge < -0.3 is 11.1 Å². The van der Waals surface area contributed by atoms with Crippen LogP contribution in [-0.2, 0) is 4.79 Å². The van der Waals surface area contributed by atoms with Gasteiger partial charge in [0.05, 0.1) is 6.04 Å². The fourth-order valence-corrected chi connectivity index (χ4v) is 2.52. The number of hydrogen-bond acceptors (Lipinski definition) is 2. The van der Waals surface area contributed by atoms with E-state index in [2.05, 4.69) is 26.1 Å². The summed E-state index contributed by atoms with van der Waals surface area (Å²) in [6.07, 6.45) is 5.89. The molecule has 1 saturated carbocycles. The number of rotatable bonds is 5. The van der Waals surface area contributed by atoms with Crippen molar-refractivity contribution in [1.82, 2.24) is 5.32 Å². The Labute approximate surface area is 99.2 Å². The predicted molar refractivity (Wildman–Crippen MR) is 67.0 cm³/mol. The number of nitrogens with two attached hydrogens (primary N) is 1. The second-order valence-corrected chi connectivity index (χ2v) is 5.58. The molecular formula is C13H26N2O. The Hall–Kier alpha value is -0.570. The Morgan fingerprint density at radius 3 is 2.38 bits per heavy atom. The molecule has 1 amide bonds. The highest BCUT2D eigenvalue weighted by molar-refractivity contribution is 5.81. The third kappa shape index (κ3) is 4.12. The highest BCUT2D eigenvalue weighted by atomic mass is 16.2. The van der Waals surface area contributed by atoms with Crippen LogP contribution in [0.1, 0.15) is 52.9 Å². The molecule has 0 bridgehead atoms. The molecule has 3 N–H and O–H groups in total. The van der Waals surface area contributed by atoms with Gasteiger partial charge in [0.15, 0.2) is 0 Å². The zero-order valence-corrected chi connectivity index (χ0v) is 10.8. The quantitative estimate of drug-likeness (QED) is 0.754. The summed E-state index contributed by atoms with van der Waals surface area (Å²) in [5, 5.41) is 3.06. The lowest BCUT2D eigenvalue weighted by Crippen LogP contribution is -2.46. The van der Waals surface area contributed by atoms with E-state index in [1.165, 1.54) is 25.7 Å². The van der Waals surface area contributed by atoms with Crippen molar-refractivity contribution in [3.63, 3.8) is 0 Å². The molecule has 0 aromatic carbocycles. The van der Waals surface area contributed by atoms with E-state index in [1.54, 1.807) is 0 Å². The standard InChI is InChI=1S/C13H26N2O/c1-9(2)8-12(14)13(16)15-10(3)11-6-4-5-7-11/h9-12H,4-8,14H2,1-3H3,(H,15,16). The van der Waals surface area contributed by atoms with E-state index >= 15 is 0 Å². The summed E-state index contributed by atoms with van der Waals surface area (Å²) in [6, 6.07) is -0.0583.